The molecular weight excluding hydrogens is 482 g/mol. The van der Waals surface area contributed by atoms with E-state index in [1.54, 1.807) is 12.1 Å². The van der Waals surface area contributed by atoms with Crippen molar-refractivity contribution < 1.29 is 23.5 Å². The summed E-state index contributed by atoms with van der Waals surface area (Å²) in [6.07, 6.45) is 1.92. The maximum atomic E-state index is 13.9. The van der Waals surface area contributed by atoms with Crippen LogP contribution in [0.1, 0.15) is 44.5 Å². The number of carbonyl (C=O) groups is 2. The number of rotatable bonds is 6. The van der Waals surface area contributed by atoms with Crippen molar-refractivity contribution in [2.75, 3.05) is 5.32 Å². The molecule has 1 fully saturated rings. The van der Waals surface area contributed by atoms with Crippen molar-refractivity contribution in [2.24, 2.45) is 11.8 Å². The Kier molecular flexibility index (Phi) is 8.20. The first-order valence-corrected chi connectivity index (χ1v) is 11.7. The monoisotopic (exact) mass is 510 g/mol. The lowest BCUT2D eigenvalue weighted by atomic mass is 9.88. The van der Waals surface area contributed by atoms with Crippen molar-refractivity contribution in [1.82, 2.24) is 4.98 Å². The van der Waals surface area contributed by atoms with Crippen LogP contribution in [0.4, 0.5) is 19.6 Å². The molecule has 3 aromatic carbocycles. The molecule has 0 saturated heterocycles. The summed E-state index contributed by atoms with van der Waals surface area (Å²) < 4.78 is 27.7. The maximum Gasteiger partial charge on any atom is 0.307 e. The van der Waals surface area contributed by atoms with Crippen molar-refractivity contribution in [3.63, 3.8) is 0 Å². The molecule has 0 aliphatic heterocycles. The van der Waals surface area contributed by atoms with Gasteiger partial charge in [0.2, 0.25) is 0 Å². The van der Waals surface area contributed by atoms with E-state index >= 15 is 0 Å². The van der Waals surface area contributed by atoms with E-state index in [0.717, 1.165) is 29.3 Å². The van der Waals surface area contributed by atoms with Gasteiger partial charge in [0.1, 0.15) is 11.3 Å². The number of fused-ring (bicyclic) bond motifs is 1. The lowest BCUT2D eigenvalue weighted by Gasteiger charge is -2.14. The van der Waals surface area contributed by atoms with Gasteiger partial charge in [-0.2, -0.15) is 0 Å². The largest absolute Gasteiger partial charge is 0.481 e. The number of nitrogens with zero attached hydrogens (tertiary/aromatic N) is 1. The Morgan fingerprint density at radius 2 is 1.53 bits per heavy atom. The van der Waals surface area contributed by atoms with Crippen molar-refractivity contribution in [3.05, 3.63) is 77.9 Å². The minimum atomic E-state index is -0.899. The van der Waals surface area contributed by atoms with E-state index in [9.17, 15) is 23.5 Å². The number of Topliss-reactive ketones (excluding diaryl/α,β-unsaturated/α-hetero) is 1. The van der Waals surface area contributed by atoms with Crippen LogP contribution in [0.2, 0.25) is 0 Å². The predicted molar refractivity (Wildman–Crippen MR) is 141 cm³/mol. The van der Waals surface area contributed by atoms with Gasteiger partial charge in [0.25, 0.3) is 0 Å². The highest BCUT2D eigenvalue weighted by Gasteiger charge is 2.37. The molecule has 1 aromatic heterocycles. The number of aromatic nitrogens is 1. The molecule has 1 heterocycles. The molecule has 0 bridgehead atoms. The van der Waals surface area contributed by atoms with E-state index in [4.69, 9.17) is 0 Å². The van der Waals surface area contributed by atoms with Crippen LogP contribution in [0.5, 0.6) is 0 Å². The summed E-state index contributed by atoms with van der Waals surface area (Å²) in [6, 6.07) is 16.8. The van der Waals surface area contributed by atoms with Gasteiger partial charge in [0.05, 0.1) is 10.6 Å². The van der Waals surface area contributed by atoms with Gasteiger partial charge in [-0.15, -0.1) is 0 Å². The lowest BCUT2D eigenvalue weighted by Crippen LogP contribution is -2.25. The molecule has 188 valence electrons. The zero-order valence-electron chi connectivity index (χ0n) is 17.9. The average molecular weight is 511 g/mol. The van der Waals surface area contributed by atoms with E-state index in [0.29, 0.717) is 28.2 Å². The highest BCUT2D eigenvalue weighted by Crippen LogP contribution is 2.35. The van der Waals surface area contributed by atoms with Gasteiger partial charge < -0.3 is 10.4 Å². The molecule has 2 atom stereocenters. The number of carboxylic acid groups (broad SMARTS) is 1. The predicted octanol–water partition coefficient (Wildman–Crippen LogP) is 7.94. The van der Waals surface area contributed by atoms with Crippen molar-refractivity contribution >= 4 is 44.1 Å². The van der Waals surface area contributed by atoms with E-state index in [1.807, 2.05) is 36.4 Å². The van der Waals surface area contributed by atoms with Crippen molar-refractivity contribution in [1.29, 1.82) is 0 Å². The van der Waals surface area contributed by atoms with Crippen LogP contribution in [0.25, 0.3) is 21.3 Å². The number of benzene rings is 3. The van der Waals surface area contributed by atoms with Crippen LogP contribution in [0, 0.1) is 23.5 Å². The van der Waals surface area contributed by atoms with E-state index < -0.39 is 29.4 Å². The van der Waals surface area contributed by atoms with Crippen molar-refractivity contribution in [3.8, 4) is 11.1 Å². The lowest BCUT2D eigenvalue weighted by molar-refractivity contribution is -0.142. The number of carboxylic acids is 1. The Morgan fingerprint density at radius 3 is 2.17 bits per heavy atom. The van der Waals surface area contributed by atoms with Gasteiger partial charge in [0, 0.05) is 23.2 Å². The van der Waals surface area contributed by atoms with E-state index in [1.165, 1.54) is 17.4 Å². The number of hydrogen-bond acceptors (Lipinski definition) is 5. The molecule has 8 heteroatoms. The number of aliphatic carboxylic acids is 1. The fourth-order valence-electron chi connectivity index (χ4n) is 4.49. The summed E-state index contributed by atoms with van der Waals surface area (Å²) in [5.41, 5.74) is 3.26. The third-order valence-electron chi connectivity index (χ3n) is 6.22. The molecule has 5 rings (SSSR count). The molecule has 2 N–H and O–H groups in total. The van der Waals surface area contributed by atoms with E-state index in [-0.39, 0.29) is 26.2 Å². The second-order valence-electron chi connectivity index (χ2n) is 8.38. The van der Waals surface area contributed by atoms with Crippen LogP contribution in [-0.2, 0) is 4.79 Å². The van der Waals surface area contributed by atoms with Crippen LogP contribution >= 0.6 is 11.3 Å². The highest BCUT2D eigenvalue weighted by atomic mass is 32.1. The van der Waals surface area contributed by atoms with Crippen molar-refractivity contribution in [2.45, 2.75) is 34.1 Å². The topological polar surface area (TPSA) is 79.3 Å². The molecule has 5 nitrogen and oxygen atoms in total. The number of carbonyl (C=O) groups excluding carboxylic acids is 1. The maximum absolute atomic E-state index is 13.9. The summed E-state index contributed by atoms with van der Waals surface area (Å²) in [6.45, 7) is 0. The Bertz CT molecular complexity index is 1380. The van der Waals surface area contributed by atoms with Gasteiger partial charge in [-0.25, -0.2) is 13.8 Å². The number of hydrogen-bond donors (Lipinski definition) is 2. The summed E-state index contributed by atoms with van der Waals surface area (Å²) in [7, 11) is 0. The molecule has 0 radical (unpaired) electrons. The normalized spacial score (nSPS) is 16.7. The van der Waals surface area contributed by atoms with Crippen LogP contribution < -0.4 is 5.32 Å². The fraction of sp³-hybridized carbons (Fsp3) is 0.250. The Morgan fingerprint density at radius 1 is 0.917 bits per heavy atom. The van der Waals surface area contributed by atoms with E-state index in [2.05, 4.69) is 10.3 Å². The van der Waals surface area contributed by atoms with Crippen LogP contribution in [-0.4, -0.2) is 21.8 Å². The molecule has 0 unspecified atom stereocenters. The van der Waals surface area contributed by atoms with Gasteiger partial charge in [0.15, 0.2) is 16.7 Å². The Labute approximate surface area is 212 Å². The number of thiazole rings is 1. The summed E-state index contributed by atoms with van der Waals surface area (Å²) in [4.78, 5) is 28.4. The zero-order chi connectivity index (χ0) is 23.8. The SMILES string of the molecule is C.C.O=C(O)[C@@H]1CCC[C@H]1C(=O)c1ccc(-c2ccc(Nc3nc4c(F)cc(F)cc4s3)cc2)cc1. The fourth-order valence-corrected chi connectivity index (χ4v) is 5.42. The van der Waals surface area contributed by atoms with Gasteiger partial charge in [-0.1, -0.05) is 69.0 Å². The second-order valence-corrected chi connectivity index (χ2v) is 9.41. The summed E-state index contributed by atoms with van der Waals surface area (Å²) >= 11 is 1.17. The third kappa shape index (κ3) is 5.28. The Hall–Kier alpha value is -3.65. The molecule has 0 amide bonds. The van der Waals surface area contributed by atoms with Gasteiger partial charge >= 0.3 is 5.97 Å². The number of nitrogens with one attached hydrogen (secondary N) is 1. The standard InChI is InChI=1S/C26H20F2N2O3S.2CH4/c27-17-12-21(28)23-22(13-17)34-26(30-23)29-18-10-8-15(9-11-18)14-4-6-16(7-5-14)24(31)19-2-1-3-20(19)25(32)33;;/h4-13,19-20H,1-3H2,(H,29,30)(H,32,33);2*1H4/t19-,20-;;/m1../s1. The minimum absolute atomic E-state index is 0. The smallest absolute Gasteiger partial charge is 0.307 e. The Balaban J connectivity index is 0.00000180. The first-order valence-electron chi connectivity index (χ1n) is 10.9. The third-order valence-corrected chi connectivity index (χ3v) is 7.14. The first-order chi connectivity index (χ1) is 16.4. The summed E-state index contributed by atoms with van der Waals surface area (Å²) in [5, 5.41) is 12.9. The molecule has 1 saturated carbocycles. The van der Waals surface area contributed by atoms with Gasteiger partial charge in [-0.3, -0.25) is 9.59 Å². The van der Waals surface area contributed by atoms with Gasteiger partial charge in [-0.05, 0) is 42.2 Å². The number of halogens is 2. The molecule has 1 aliphatic rings. The summed E-state index contributed by atoms with van der Waals surface area (Å²) in [5.74, 6) is -3.39. The molecule has 0 spiro atoms. The number of ketones is 1. The quantitative estimate of drug-likeness (QED) is 0.257. The van der Waals surface area contributed by atoms with Crippen LogP contribution in [0.3, 0.4) is 0 Å². The molecule has 1 aliphatic carbocycles. The zero-order valence-corrected chi connectivity index (χ0v) is 18.7. The molecule has 4 aromatic rings. The second kappa shape index (κ2) is 11.0. The molecule has 36 heavy (non-hydrogen) atoms. The first kappa shape index (κ1) is 26.9. The molecular formula is C28H28F2N2O3S. The number of anilines is 2. The highest BCUT2D eigenvalue weighted by molar-refractivity contribution is 7.22. The minimum Gasteiger partial charge on any atom is -0.481 e. The average Bonchev–Trinajstić information content (AvgIpc) is 3.47. The van der Waals surface area contributed by atoms with Crippen LogP contribution in [0.15, 0.2) is 60.7 Å².